The summed E-state index contributed by atoms with van der Waals surface area (Å²) in [6, 6.07) is 0. The second-order valence-electron chi connectivity index (χ2n) is 1.68. The van der Waals surface area contributed by atoms with Crippen LogP contribution in [0.5, 0.6) is 0 Å². The number of nitrogens with one attached hydrogen (secondary N) is 1. The predicted octanol–water partition coefficient (Wildman–Crippen LogP) is -1.41. The molecule has 1 unspecified atom stereocenters. The van der Waals surface area contributed by atoms with E-state index in [4.69, 9.17) is 10.8 Å². The van der Waals surface area contributed by atoms with Crippen molar-refractivity contribution in [1.29, 1.82) is 0 Å². The van der Waals surface area contributed by atoms with E-state index in [9.17, 15) is 4.79 Å². The monoisotopic (exact) mass is 164 g/mol. The van der Waals surface area contributed by atoms with Gasteiger partial charge in [0.2, 0.25) is 0 Å². The quantitative estimate of drug-likeness (QED) is 0.444. The number of amides is 1. The van der Waals surface area contributed by atoms with Gasteiger partial charge < -0.3 is 25.6 Å². The fourth-order valence-electron chi connectivity index (χ4n) is 0.374. The smallest absolute Gasteiger partial charge is 0.407 e. The van der Waals surface area contributed by atoms with Crippen molar-refractivity contribution in [2.45, 2.75) is 6.23 Å². The SMILES string of the molecule is CNC(=O)OCC(N)OCO. The molecule has 4 N–H and O–H groups in total. The maximum absolute atomic E-state index is 10.4. The van der Waals surface area contributed by atoms with Crippen LogP contribution in [0.4, 0.5) is 4.79 Å². The van der Waals surface area contributed by atoms with E-state index in [2.05, 4.69) is 14.8 Å². The van der Waals surface area contributed by atoms with E-state index in [0.29, 0.717) is 0 Å². The molecule has 0 bridgehead atoms. The lowest BCUT2D eigenvalue weighted by Gasteiger charge is -2.10. The number of carbonyl (C=O) groups is 1. The molecule has 0 aromatic heterocycles. The van der Waals surface area contributed by atoms with Gasteiger partial charge in [0.15, 0.2) is 0 Å². The van der Waals surface area contributed by atoms with Gasteiger partial charge in [0, 0.05) is 7.05 Å². The summed E-state index contributed by atoms with van der Waals surface area (Å²) >= 11 is 0. The van der Waals surface area contributed by atoms with Crippen LogP contribution in [0.1, 0.15) is 0 Å². The minimum Gasteiger partial charge on any atom is -0.445 e. The molecule has 0 aliphatic rings. The lowest BCUT2D eigenvalue weighted by Crippen LogP contribution is -2.33. The minimum absolute atomic E-state index is 0.0831. The van der Waals surface area contributed by atoms with Crippen LogP contribution in [0.2, 0.25) is 0 Å². The number of aliphatic hydroxyl groups excluding tert-OH is 1. The largest absolute Gasteiger partial charge is 0.445 e. The van der Waals surface area contributed by atoms with E-state index in [0.717, 1.165) is 0 Å². The van der Waals surface area contributed by atoms with E-state index in [1.807, 2.05) is 0 Å². The van der Waals surface area contributed by atoms with Crippen molar-refractivity contribution in [2.24, 2.45) is 5.73 Å². The van der Waals surface area contributed by atoms with Crippen molar-refractivity contribution in [3.63, 3.8) is 0 Å². The van der Waals surface area contributed by atoms with E-state index in [1.54, 1.807) is 0 Å². The molecule has 6 heteroatoms. The van der Waals surface area contributed by atoms with Crippen molar-refractivity contribution >= 4 is 6.09 Å². The maximum atomic E-state index is 10.4. The van der Waals surface area contributed by atoms with Crippen molar-refractivity contribution < 1.29 is 19.4 Å². The molecule has 0 aromatic carbocycles. The summed E-state index contributed by atoms with van der Waals surface area (Å²) in [6.07, 6.45) is -1.36. The third kappa shape index (κ3) is 5.59. The van der Waals surface area contributed by atoms with Gasteiger partial charge in [-0.1, -0.05) is 0 Å². The first-order valence-electron chi connectivity index (χ1n) is 3.03. The van der Waals surface area contributed by atoms with Gasteiger partial charge in [-0.05, 0) is 0 Å². The van der Waals surface area contributed by atoms with Crippen molar-refractivity contribution in [1.82, 2.24) is 5.32 Å². The topological polar surface area (TPSA) is 93.8 Å². The molecule has 0 heterocycles. The van der Waals surface area contributed by atoms with E-state index in [-0.39, 0.29) is 6.61 Å². The molecule has 0 spiro atoms. The lowest BCUT2D eigenvalue weighted by atomic mass is 10.6. The first-order chi connectivity index (χ1) is 5.20. The van der Waals surface area contributed by atoms with Gasteiger partial charge in [0.1, 0.15) is 19.6 Å². The fraction of sp³-hybridized carbons (Fsp3) is 0.800. The Balaban J connectivity index is 3.29. The van der Waals surface area contributed by atoms with Gasteiger partial charge in [0.05, 0.1) is 0 Å². The van der Waals surface area contributed by atoms with Crippen molar-refractivity contribution in [3.8, 4) is 0 Å². The number of carbonyl (C=O) groups excluding carboxylic acids is 1. The molecule has 1 amide bonds. The zero-order valence-corrected chi connectivity index (χ0v) is 6.24. The molecule has 0 aliphatic heterocycles. The summed E-state index contributed by atoms with van der Waals surface area (Å²) in [5, 5.41) is 10.4. The summed E-state index contributed by atoms with van der Waals surface area (Å²) in [7, 11) is 1.43. The number of ether oxygens (including phenoxy) is 2. The number of hydrogen-bond acceptors (Lipinski definition) is 5. The van der Waals surface area contributed by atoms with Gasteiger partial charge in [-0.2, -0.15) is 0 Å². The number of aliphatic hydroxyl groups is 1. The van der Waals surface area contributed by atoms with Crippen LogP contribution >= 0.6 is 0 Å². The standard InChI is InChI=1S/C5H12N2O4/c1-7-5(9)10-2-4(6)11-3-8/h4,8H,2-3,6H2,1H3,(H,7,9). The fourth-order valence-corrected chi connectivity index (χ4v) is 0.374. The second-order valence-corrected chi connectivity index (χ2v) is 1.68. The number of rotatable bonds is 4. The molecule has 0 rings (SSSR count). The van der Waals surface area contributed by atoms with Gasteiger partial charge in [-0.3, -0.25) is 0 Å². The van der Waals surface area contributed by atoms with Crippen molar-refractivity contribution in [3.05, 3.63) is 0 Å². The molecule has 0 saturated carbocycles. The summed E-state index contributed by atoms with van der Waals surface area (Å²) in [5.74, 6) is 0. The molecule has 0 aromatic rings. The number of nitrogens with two attached hydrogens (primary N) is 1. The van der Waals surface area contributed by atoms with Crippen LogP contribution in [-0.4, -0.2) is 37.9 Å². The highest BCUT2D eigenvalue weighted by atomic mass is 16.6. The first kappa shape index (κ1) is 10.2. The van der Waals surface area contributed by atoms with Gasteiger partial charge in [0.25, 0.3) is 0 Å². The Labute approximate surface area is 64.3 Å². The Hall–Kier alpha value is -0.850. The highest BCUT2D eigenvalue weighted by Crippen LogP contribution is 1.84. The van der Waals surface area contributed by atoms with E-state index in [1.165, 1.54) is 7.05 Å². The van der Waals surface area contributed by atoms with Crippen LogP contribution in [0, 0.1) is 0 Å². The van der Waals surface area contributed by atoms with Crippen LogP contribution in [-0.2, 0) is 9.47 Å². The lowest BCUT2D eigenvalue weighted by molar-refractivity contribution is -0.0675. The summed E-state index contributed by atoms with van der Waals surface area (Å²) in [6.45, 7) is -0.571. The van der Waals surface area contributed by atoms with Crippen LogP contribution in [0.25, 0.3) is 0 Å². The Morgan fingerprint density at radius 3 is 2.91 bits per heavy atom. The van der Waals surface area contributed by atoms with Crippen LogP contribution < -0.4 is 11.1 Å². The molecular weight excluding hydrogens is 152 g/mol. The Morgan fingerprint density at radius 1 is 1.82 bits per heavy atom. The van der Waals surface area contributed by atoms with E-state index < -0.39 is 19.1 Å². The summed E-state index contributed by atoms with van der Waals surface area (Å²) in [5.41, 5.74) is 5.20. The molecule has 0 aliphatic carbocycles. The zero-order valence-electron chi connectivity index (χ0n) is 6.24. The van der Waals surface area contributed by atoms with Crippen molar-refractivity contribution in [2.75, 3.05) is 20.4 Å². The van der Waals surface area contributed by atoms with Gasteiger partial charge in [-0.25, -0.2) is 4.79 Å². The minimum atomic E-state index is -0.780. The molecule has 0 radical (unpaired) electrons. The third-order valence-electron chi connectivity index (χ3n) is 0.871. The van der Waals surface area contributed by atoms with E-state index >= 15 is 0 Å². The highest BCUT2D eigenvalue weighted by Gasteiger charge is 2.04. The Kier molecular flexibility index (Phi) is 5.44. The third-order valence-corrected chi connectivity index (χ3v) is 0.871. The summed E-state index contributed by atoms with van der Waals surface area (Å²) < 4.78 is 8.96. The average Bonchev–Trinajstić information content (AvgIpc) is 2.01. The van der Waals surface area contributed by atoms with Gasteiger partial charge in [-0.15, -0.1) is 0 Å². The molecule has 6 nitrogen and oxygen atoms in total. The number of hydrogen-bond donors (Lipinski definition) is 3. The zero-order chi connectivity index (χ0) is 8.69. The molecule has 11 heavy (non-hydrogen) atoms. The molecule has 1 atom stereocenters. The Morgan fingerprint density at radius 2 is 2.45 bits per heavy atom. The average molecular weight is 164 g/mol. The summed E-state index contributed by atoms with van der Waals surface area (Å²) in [4.78, 5) is 10.4. The van der Waals surface area contributed by atoms with Gasteiger partial charge >= 0.3 is 6.09 Å². The first-order valence-corrected chi connectivity index (χ1v) is 3.03. The maximum Gasteiger partial charge on any atom is 0.407 e. The van der Waals surface area contributed by atoms with Crippen LogP contribution in [0.3, 0.4) is 0 Å². The molecule has 66 valence electrons. The molecule has 0 saturated heterocycles. The molecular formula is C5H12N2O4. The Bertz CT molecular complexity index is 119. The normalized spacial score (nSPS) is 12.3. The number of alkyl carbamates (subject to hydrolysis) is 1. The second kappa shape index (κ2) is 5.90. The van der Waals surface area contributed by atoms with Crippen LogP contribution in [0.15, 0.2) is 0 Å². The highest BCUT2D eigenvalue weighted by molar-refractivity contribution is 5.66. The predicted molar refractivity (Wildman–Crippen MR) is 36.6 cm³/mol. The molecule has 0 fully saturated rings.